The maximum Gasteiger partial charge on any atom is 0.275 e. The Bertz CT molecular complexity index is 898. The minimum atomic E-state index is -0.357. The number of rotatable bonds is 3. The van der Waals surface area contributed by atoms with E-state index in [0.29, 0.717) is 22.6 Å². The Balaban J connectivity index is 1.92. The van der Waals surface area contributed by atoms with Crippen LogP contribution in [0.1, 0.15) is 26.5 Å². The van der Waals surface area contributed by atoms with Crippen LogP contribution in [-0.2, 0) is 0 Å². The Morgan fingerprint density at radius 1 is 1.04 bits per heavy atom. The van der Waals surface area contributed by atoms with E-state index < -0.39 is 0 Å². The van der Waals surface area contributed by atoms with Crippen LogP contribution in [0.2, 0.25) is 0 Å². The zero-order valence-electron chi connectivity index (χ0n) is 12.8. The van der Waals surface area contributed by atoms with E-state index in [1.54, 1.807) is 37.5 Å². The molecule has 2 N–H and O–H groups in total. The Morgan fingerprint density at radius 3 is 2.57 bits per heavy atom. The number of aryl methyl sites for hydroxylation is 1. The van der Waals surface area contributed by atoms with Crippen LogP contribution in [0.15, 0.2) is 48.7 Å². The lowest BCUT2D eigenvalue weighted by molar-refractivity contribution is 0.0964. The molecule has 3 rings (SSSR count). The lowest BCUT2D eigenvalue weighted by Gasteiger charge is -2.08. The second-order valence-electron chi connectivity index (χ2n) is 5.10. The summed E-state index contributed by atoms with van der Waals surface area (Å²) in [6.07, 6.45) is 1.68. The number of pyridine rings is 1. The third-order valence-corrected chi connectivity index (χ3v) is 3.58. The standard InChI is InChI=1S/C17H16N4O2/c1-11-6-5-9-15-19-14(10-21(11)15)17(23)20-13-8-4-3-7-12(13)16(22)18-2/h3-10H,1-2H3,(H,18,22)(H,20,23). The fourth-order valence-corrected chi connectivity index (χ4v) is 2.37. The van der Waals surface area contributed by atoms with Gasteiger partial charge in [-0.05, 0) is 31.2 Å². The van der Waals surface area contributed by atoms with Crippen molar-refractivity contribution in [1.29, 1.82) is 0 Å². The Labute approximate surface area is 133 Å². The average Bonchev–Trinajstić information content (AvgIpc) is 3.00. The minimum Gasteiger partial charge on any atom is -0.355 e. The maximum absolute atomic E-state index is 12.4. The van der Waals surface area contributed by atoms with Crippen molar-refractivity contribution in [2.24, 2.45) is 0 Å². The lowest BCUT2D eigenvalue weighted by Crippen LogP contribution is -2.21. The van der Waals surface area contributed by atoms with E-state index in [4.69, 9.17) is 0 Å². The van der Waals surface area contributed by atoms with Crippen LogP contribution in [0, 0.1) is 6.92 Å². The summed E-state index contributed by atoms with van der Waals surface area (Å²) in [6.45, 7) is 1.94. The van der Waals surface area contributed by atoms with Gasteiger partial charge in [0, 0.05) is 18.9 Å². The highest BCUT2D eigenvalue weighted by molar-refractivity contribution is 6.08. The van der Waals surface area contributed by atoms with Crippen molar-refractivity contribution in [1.82, 2.24) is 14.7 Å². The van der Waals surface area contributed by atoms with Crippen LogP contribution in [-0.4, -0.2) is 28.2 Å². The summed E-state index contributed by atoms with van der Waals surface area (Å²) in [4.78, 5) is 28.6. The van der Waals surface area contributed by atoms with Crippen molar-refractivity contribution in [3.63, 3.8) is 0 Å². The highest BCUT2D eigenvalue weighted by Crippen LogP contribution is 2.16. The van der Waals surface area contributed by atoms with Crippen LogP contribution in [0.25, 0.3) is 5.65 Å². The smallest absolute Gasteiger partial charge is 0.275 e. The molecule has 0 saturated carbocycles. The van der Waals surface area contributed by atoms with Crippen molar-refractivity contribution < 1.29 is 9.59 Å². The summed E-state index contributed by atoms with van der Waals surface area (Å²) in [5.74, 6) is -0.615. The number of carbonyl (C=O) groups is 2. The second-order valence-corrected chi connectivity index (χ2v) is 5.10. The largest absolute Gasteiger partial charge is 0.355 e. The highest BCUT2D eigenvalue weighted by Gasteiger charge is 2.15. The molecular formula is C17H16N4O2. The molecule has 0 aliphatic heterocycles. The fourth-order valence-electron chi connectivity index (χ4n) is 2.37. The van der Waals surface area contributed by atoms with E-state index in [0.717, 1.165) is 5.69 Å². The molecule has 0 aliphatic rings. The quantitative estimate of drug-likeness (QED) is 0.779. The van der Waals surface area contributed by atoms with Gasteiger partial charge in [-0.25, -0.2) is 4.98 Å². The number of para-hydroxylation sites is 1. The van der Waals surface area contributed by atoms with Gasteiger partial charge in [0.05, 0.1) is 11.3 Å². The Morgan fingerprint density at radius 2 is 1.83 bits per heavy atom. The first-order valence-electron chi connectivity index (χ1n) is 7.17. The van der Waals surface area contributed by atoms with Crippen molar-refractivity contribution in [2.75, 3.05) is 12.4 Å². The molecule has 0 spiro atoms. The summed E-state index contributed by atoms with van der Waals surface area (Å²) in [5, 5.41) is 5.30. The number of hydrogen-bond donors (Lipinski definition) is 2. The van der Waals surface area contributed by atoms with Gasteiger partial charge in [0.1, 0.15) is 11.3 Å². The van der Waals surface area contributed by atoms with Gasteiger partial charge >= 0.3 is 0 Å². The van der Waals surface area contributed by atoms with Gasteiger partial charge in [-0.1, -0.05) is 18.2 Å². The van der Waals surface area contributed by atoms with Crippen molar-refractivity contribution in [3.8, 4) is 0 Å². The molecule has 0 aliphatic carbocycles. The van der Waals surface area contributed by atoms with Gasteiger partial charge in [-0.2, -0.15) is 0 Å². The van der Waals surface area contributed by atoms with Gasteiger partial charge < -0.3 is 15.0 Å². The van der Waals surface area contributed by atoms with E-state index >= 15 is 0 Å². The van der Waals surface area contributed by atoms with Gasteiger partial charge in [-0.15, -0.1) is 0 Å². The molecule has 23 heavy (non-hydrogen) atoms. The molecule has 6 nitrogen and oxygen atoms in total. The van der Waals surface area contributed by atoms with Gasteiger partial charge in [0.25, 0.3) is 11.8 Å². The van der Waals surface area contributed by atoms with Gasteiger partial charge in [0.2, 0.25) is 0 Å². The van der Waals surface area contributed by atoms with Crippen molar-refractivity contribution >= 4 is 23.1 Å². The number of aromatic nitrogens is 2. The molecule has 6 heteroatoms. The molecule has 1 aromatic carbocycles. The zero-order valence-corrected chi connectivity index (χ0v) is 12.8. The molecule has 0 radical (unpaired) electrons. The third kappa shape index (κ3) is 2.78. The van der Waals surface area contributed by atoms with Crippen LogP contribution in [0.3, 0.4) is 0 Å². The Hall–Kier alpha value is -3.15. The number of anilines is 1. The highest BCUT2D eigenvalue weighted by atomic mass is 16.2. The van der Waals surface area contributed by atoms with Gasteiger partial charge in [0.15, 0.2) is 0 Å². The van der Waals surface area contributed by atoms with Crippen LogP contribution in [0.5, 0.6) is 0 Å². The predicted octanol–water partition coefficient (Wildman–Crippen LogP) is 2.25. The van der Waals surface area contributed by atoms with E-state index in [2.05, 4.69) is 15.6 Å². The topological polar surface area (TPSA) is 75.5 Å². The molecule has 0 saturated heterocycles. The van der Waals surface area contributed by atoms with E-state index in [1.165, 1.54) is 0 Å². The van der Waals surface area contributed by atoms with E-state index in [9.17, 15) is 9.59 Å². The Kier molecular flexibility index (Phi) is 3.80. The van der Waals surface area contributed by atoms with Gasteiger partial charge in [-0.3, -0.25) is 9.59 Å². The van der Waals surface area contributed by atoms with Crippen molar-refractivity contribution in [3.05, 3.63) is 65.6 Å². The maximum atomic E-state index is 12.4. The van der Waals surface area contributed by atoms with Crippen LogP contribution < -0.4 is 10.6 Å². The summed E-state index contributed by atoms with van der Waals surface area (Å²) < 4.78 is 1.85. The van der Waals surface area contributed by atoms with E-state index in [1.807, 2.05) is 29.5 Å². The third-order valence-electron chi connectivity index (χ3n) is 3.58. The number of carbonyl (C=O) groups excluding carboxylic acids is 2. The monoisotopic (exact) mass is 308 g/mol. The van der Waals surface area contributed by atoms with Crippen LogP contribution in [0.4, 0.5) is 5.69 Å². The molecule has 2 amide bonds. The first-order valence-corrected chi connectivity index (χ1v) is 7.17. The summed E-state index contributed by atoms with van der Waals surface area (Å²) in [5.41, 5.74) is 2.84. The lowest BCUT2D eigenvalue weighted by atomic mass is 10.1. The number of imidazole rings is 1. The summed E-state index contributed by atoms with van der Waals surface area (Å²) in [7, 11) is 1.55. The minimum absolute atomic E-state index is 0.258. The SMILES string of the molecule is CNC(=O)c1ccccc1NC(=O)c1cn2c(C)cccc2n1. The number of amides is 2. The van der Waals surface area contributed by atoms with E-state index in [-0.39, 0.29) is 11.8 Å². The summed E-state index contributed by atoms with van der Waals surface area (Å²) >= 11 is 0. The molecule has 3 aromatic rings. The average molecular weight is 308 g/mol. The molecule has 0 atom stereocenters. The first kappa shape index (κ1) is 14.8. The predicted molar refractivity (Wildman–Crippen MR) is 87.7 cm³/mol. The second kappa shape index (κ2) is 5.92. The first-order chi connectivity index (χ1) is 11.1. The molecule has 0 unspecified atom stereocenters. The molecule has 0 fully saturated rings. The molecule has 2 heterocycles. The molecule has 2 aromatic heterocycles. The number of benzene rings is 1. The molecule has 116 valence electrons. The van der Waals surface area contributed by atoms with Crippen LogP contribution >= 0.6 is 0 Å². The number of nitrogens with one attached hydrogen (secondary N) is 2. The molecular weight excluding hydrogens is 292 g/mol. The number of nitrogens with zero attached hydrogens (tertiary/aromatic N) is 2. The summed E-state index contributed by atoms with van der Waals surface area (Å²) in [6, 6.07) is 12.5. The number of hydrogen-bond acceptors (Lipinski definition) is 3. The fraction of sp³-hybridized carbons (Fsp3) is 0.118. The van der Waals surface area contributed by atoms with Crippen molar-refractivity contribution in [2.45, 2.75) is 6.92 Å². The normalized spacial score (nSPS) is 10.5. The zero-order chi connectivity index (χ0) is 16.4. The molecule has 0 bridgehead atoms. The number of fused-ring (bicyclic) bond motifs is 1.